The molecule has 0 saturated carbocycles. The molecule has 1 aromatic heterocycles. The van der Waals surface area contributed by atoms with Gasteiger partial charge in [0, 0.05) is 22.4 Å². The Labute approximate surface area is 153 Å². The van der Waals surface area contributed by atoms with Gasteiger partial charge in [-0.25, -0.2) is 13.1 Å². The molecule has 6 nitrogen and oxygen atoms in total. The van der Waals surface area contributed by atoms with Crippen molar-refractivity contribution in [3.8, 4) is 0 Å². The minimum atomic E-state index is -3.94. The molecular formula is C17H14BrN3O3S. The monoisotopic (exact) mass is 419 g/mol. The molecule has 0 atom stereocenters. The van der Waals surface area contributed by atoms with Gasteiger partial charge in [0.15, 0.2) is 0 Å². The number of hydrogen-bond acceptors (Lipinski definition) is 4. The van der Waals surface area contributed by atoms with Crippen molar-refractivity contribution < 1.29 is 13.2 Å². The lowest BCUT2D eigenvalue weighted by molar-refractivity contribution is 0.0981. The normalized spacial score (nSPS) is 11.2. The maximum absolute atomic E-state index is 12.3. The minimum Gasteiger partial charge on any atom is -0.268 e. The van der Waals surface area contributed by atoms with Crippen LogP contribution in [0.2, 0.25) is 0 Å². The number of amides is 1. The number of hydrogen-bond donors (Lipinski definition) is 1. The summed E-state index contributed by atoms with van der Waals surface area (Å²) in [7, 11) is -3.94. The zero-order valence-corrected chi connectivity index (χ0v) is 15.4. The largest absolute Gasteiger partial charge is 0.268 e. The van der Waals surface area contributed by atoms with Gasteiger partial charge < -0.3 is 0 Å². The van der Waals surface area contributed by atoms with Gasteiger partial charge in [-0.1, -0.05) is 34.1 Å². The van der Waals surface area contributed by atoms with Crippen LogP contribution in [0.4, 0.5) is 0 Å². The summed E-state index contributed by atoms with van der Waals surface area (Å²) in [6, 6.07) is 14.7. The zero-order chi connectivity index (χ0) is 17.9. The average molecular weight is 420 g/mol. The van der Waals surface area contributed by atoms with Gasteiger partial charge >= 0.3 is 0 Å². The standard InChI is InChI=1S/C17H14BrN3O3S/c18-15-6-2-7-16(11-15)25(23,24)20-17(22)14-5-1-4-13(10-14)12-21-9-3-8-19-21/h1-11H,12H2,(H,20,22). The molecule has 1 N–H and O–H groups in total. The second-order valence-electron chi connectivity index (χ2n) is 5.30. The third-order valence-electron chi connectivity index (χ3n) is 3.43. The molecule has 3 aromatic rings. The van der Waals surface area contributed by atoms with Crippen molar-refractivity contribution in [3.05, 3.63) is 82.6 Å². The lowest BCUT2D eigenvalue weighted by Gasteiger charge is -2.09. The van der Waals surface area contributed by atoms with E-state index < -0.39 is 15.9 Å². The summed E-state index contributed by atoms with van der Waals surface area (Å²) >= 11 is 3.22. The van der Waals surface area contributed by atoms with Crippen LogP contribution in [0.1, 0.15) is 15.9 Å². The SMILES string of the molecule is O=C(NS(=O)(=O)c1cccc(Br)c1)c1cccc(Cn2cccn2)c1. The molecule has 0 fully saturated rings. The summed E-state index contributed by atoms with van der Waals surface area (Å²) in [4.78, 5) is 12.4. The topological polar surface area (TPSA) is 81.1 Å². The van der Waals surface area contributed by atoms with E-state index in [1.807, 2.05) is 12.3 Å². The van der Waals surface area contributed by atoms with E-state index >= 15 is 0 Å². The first-order chi connectivity index (χ1) is 11.9. The van der Waals surface area contributed by atoms with Gasteiger partial charge in [-0.3, -0.25) is 9.48 Å². The average Bonchev–Trinajstić information content (AvgIpc) is 3.08. The van der Waals surface area contributed by atoms with Crippen LogP contribution in [0.15, 0.2) is 76.4 Å². The molecule has 0 spiro atoms. The Morgan fingerprint density at radius 2 is 1.92 bits per heavy atom. The Balaban J connectivity index is 1.79. The third kappa shape index (κ3) is 4.34. The number of aromatic nitrogens is 2. The first-order valence-electron chi connectivity index (χ1n) is 7.33. The van der Waals surface area contributed by atoms with Crippen LogP contribution in [-0.4, -0.2) is 24.1 Å². The number of carbonyl (C=O) groups excluding carboxylic acids is 1. The molecule has 3 rings (SSSR count). The maximum Gasteiger partial charge on any atom is 0.265 e. The highest BCUT2D eigenvalue weighted by Gasteiger charge is 2.19. The number of nitrogens with one attached hydrogen (secondary N) is 1. The molecular weight excluding hydrogens is 406 g/mol. The lowest BCUT2D eigenvalue weighted by atomic mass is 10.1. The van der Waals surface area contributed by atoms with E-state index in [0.717, 1.165) is 5.56 Å². The Hall–Kier alpha value is -2.45. The molecule has 2 aromatic carbocycles. The van der Waals surface area contributed by atoms with Gasteiger partial charge in [0.1, 0.15) is 0 Å². The molecule has 0 aliphatic rings. The predicted octanol–water partition coefficient (Wildman–Crippen LogP) is 2.81. The van der Waals surface area contributed by atoms with Crippen LogP contribution in [-0.2, 0) is 16.6 Å². The van der Waals surface area contributed by atoms with E-state index in [9.17, 15) is 13.2 Å². The summed E-state index contributed by atoms with van der Waals surface area (Å²) in [5.74, 6) is -0.678. The van der Waals surface area contributed by atoms with Gasteiger partial charge in [-0.2, -0.15) is 5.10 Å². The third-order valence-corrected chi connectivity index (χ3v) is 5.25. The molecule has 25 heavy (non-hydrogen) atoms. The summed E-state index contributed by atoms with van der Waals surface area (Å²) in [5.41, 5.74) is 1.11. The Morgan fingerprint density at radius 3 is 2.64 bits per heavy atom. The van der Waals surface area contributed by atoms with E-state index in [2.05, 4.69) is 25.8 Å². The van der Waals surface area contributed by atoms with E-state index in [4.69, 9.17) is 0 Å². The molecule has 1 heterocycles. The van der Waals surface area contributed by atoms with Crippen LogP contribution in [0, 0.1) is 0 Å². The number of sulfonamides is 1. The van der Waals surface area contributed by atoms with E-state index in [1.165, 1.54) is 12.1 Å². The molecule has 0 bridgehead atoms. The van der Waals surface area contributed by atoms with Gasteiger partial charge in [0.2, 0.25) is 0 Å². The van der Waals surface area contributed by atoms with Crippen molar-refractivity contribution in [1.82, 2.24) is 14.5 Å². The second-order valence-corrected chi connectivity index (χ2v) is 7.89. The molecule has 0 aliphatic heterocycles. The quantitative estimate of drug-likeness (QED) is 0.689. The minimum absolute atomic E-state index is 0.0166. The highest BCUT2D eigenvalue weighted by molar-refractivity contribution is 9.10. The van der Waals surface area contributed by atoms with Crippen molar-refractivity contribution >= 4 is 31.9 Å². The van der Waals surface area contributed by atoms with Crippen molar-refractivity contribution in [3.63, 3.8) is 0 Å². The molecule has 1 amide bonds. The summed E-state index contributed by atoms with van der Waals surface area (Å²) in [6.45, 7) is 0.493. The number of nitrogens with zero attached hydrogens (tertiary/aromatic N) is 2. The molecule has 8 heteroatoms. The van der Waals surface area contributed by atoms with Crippen molar-refractivity contribution in [2.24, 2.45) is 0 Å². The summed E-state index contributed by atoms with van der Waals surface area (Å²) in [6.07, 6.45) is 3.48. The fourth-order valence-corrected chi connectivity index (χ4v) is 3.84. The van der Waals surface area contributed by atoms with Gasteiger partial charge in [0.25, 0.3) is 15.9 Å². The highest BCUT2D eigenvalue weighted by Crippen LogP contribution is 2.16. The van der Waals surface area contributed by atoms with Crippen molar-refractivity contribution in [1.29, 1.82) is 0 Å². The Morgan fingerprint density at radius 1 is 1.12 bits per heavy atom. The van der Waals surface area contributed by atoms with Gasteiger partial charge in [-0.05, 0) is 42.0 Å². The van der Waals surface area contributed by atoms with Crippen molar-refractivity contribution in [2.75, 3.05) is 0 Å². The molecule has 128 valence electrons. The molecule has 0 saturated heterocycles. The van der Waals surface area contributed by atoms with Crippen LogP contribution >= 0.6 is 15.9 Å². The smallest absolute Gasteiger partial charge is 0.265 e. The van der Waals surface area contributed by atoms with E-state index in [-0.39, 0.29) is 10.5 Å². The lowest BCUT2D eigenvalue weighted by Crippen LogP contribution is -2.30. The fraction of sp³-hybridized carbons (Fsp3) is 0.0588. The van der Waals surface area contributed by atoms with E-state index in [0.29, 0.717) is 11.0 Å². The van der Waals surface area contributed by atoms with Gasteiger partial charge in [-0.15, -0.1) is 0 Å². The van der Waals surface area contributed by atoms with E-state index in [1.54, 1.807) is 47.3 Å². The molecule has 0 radical (unpaired) electrons. The fourth-order valence-electron chi connectivity index (χ4n) is 2.27. The number of carbonyl (C=O) groups is 1. The highest BCUT2D eigenvalue weighted by atomic mass is 79.9. The van der Waals surface area contributed by atoms with Gasteiger partial charge in [0.05, 0.1) is 11.4 Å². The van der Waals surface area contributed by atoms with Crippen LogP contribution in [0.3, 0.4) is 0 Å². The zero-order valence-electron chi connectivity index (χ0n) is 13.0. The number of rotatable bonds is 5. The maximum atomic E-state index is 12.3. The first-order valence-corrected chi connectivity index (χ1v) is 9.61. The second kappa shape index (κ2) is 7.20. The molecule has 0 unspecified atom stereocenters. The van der Waals surface area contributed by atoms with Crippen LogP contribution < -0.4 is 4.72 Å². The predicted molar refractivity (Wildman–Crippen MR) is 96.6 cm³/mol. The first kappa shape index (κ1) is 17.4. The Bertz CT molecular complexity index is 1000. The Kier molecular flexibility index (Phi) is 5.00. The summed E-state index contributed by atoms with van der Waals surface area (Å²) in [5, 5.41) is 4.11. The van der Waals surface area contributed by atoms with Crippen LogP contribution in [0.5, 0.6) is 0 Å². The number of halogens is 1. The number of benzene rings is 2. The molecule has 0 aliphatic carbocycles. The van der Waals surface area contributed by atoms with Crippen molar-refractivity contribution in [2.45, 2.75) is 11.4 Å². The summed E-state index contributed by atoms with van der Waals surface area (Å²) < 4.78 is 29.1. The van der Waals surface area contributed by atoms with Crippen LogP contribution in [0.25, 0.3) is 0 Å².